The molecule has 0 saturated carbocycles. The first kappa shape index (κ1) is 13.9. The van der Waals surface area contributed by atoms with Crippen LogP contribution in [0.15, 0.2) is 30.6 Å². The standard InChI is InChI=1S/C15H15N3O2/c1-9-10(2)16-8-17-14(9)15(20)18-13-6-4-12(5-7-13)11(3)19/h4-8H,1-3H3,(H,18,20). The van der Waals surface area contributed by atoms with E-state index in [2.05, 4.69) is 15.3 Å². The van der Waals surface area contributed by atoms with Crippen molar-refractivity contribution in [3.8, 4) is 0 Å². The van der Waals surface area contributed by atoms with Gasteiger partial charge in [0, 0.05) is 22.5 Å². The molecule has 102 valence electrons. The predicted octanol–water partition coefficient (Wildman–Crippen LogP) is 2.55. The van der Waals surface area contributed by atoms with E-state index in [0.29, 0.717) is 16.9 Å². The Morgan fingerprint density at radius 1 is 1.05 bits per heavy atom. The second kappa shape index (κ2) is 5.61. The molecule has 2 aromatic rings. The molecule has 2 rings (SSSR count). The summed E-state index contributed by atoms with van der Waals surface area (Å²) in [5.41, 5.74) is 3.11. The smallest absolute Gasteiger partial charge is 0.274 e. The molecule has 1 aromatic carbocycles. The Morgan fingerprint density at radius 2 is 1.70 bits per heavy atom. The van der Waals surface area contributed by atoms with Crippen molar-refractivity contribution < 1.29 is 9.59 Å². The molecule has 0 atom stereocenters. The molecule has 5 heteroatoms. The number of hydrogen-bond donors (Lipinski definition) is 1. The fourth-order valence-corrected chi connectivity index (χ4v) is 1.75. The Bertz CT molecular complexity index is 663. The van der Waals surface area contributed by atoms with E-state index in [1.54, 1.807) is 24.3 Å². The number of amides is 1. The number of aromatic nitrogens is 2. The monoisotopic (exact) mass is 269 g/mol. The summed E-state index contributed by atoms with van der Waals surface area (Å²) >= 11 is 0. The summed E-state index contributed by atoms with van der Waals surface area (Å²) in [5, 5.41) is 2.75. The van der Waals surface area contributed by atoms with Crippen molar-refractivity contribution in [1.82, 2.24) is 9.97 Å². The Kier molecular flexibility index (Phi) is 3.89. The molecule has 0 saturated heterocycles. The van der Waals surface area contributed by atoms with E-state index in [9.17, 15) is 9.59 Å². The Balaban J connectivity index is 2.19. The van der Waals surface area contributed by atoms with Crippen molar-refractivity contribution in [3.05, 3.63) is 53.1 Å². The Morgan fingerprint density at radius 3 is 2.30 bits per heavy atom. The first-order chi connectivity index (χ1) is 9.49. The van der Waals surface area contributed by atoms with Gasteiger partial charge >= 0.3 is 0 Å². The van der Waals surface area contributed by atoms with E-state index in [1.807, 2.05) is 13.8 Å². The van der Waals surface area contributed by atoms with Crippen LogP contribution < -0.4 is 5.32 Å². The zero-order valence-electron chi connectivity index (χ0n) is 11.6. The molecular weight excluding hydrogens is 254 g/mol. The maximum Gasteiger partial charge on any atom is 0.274 e. The lowest BCUT2D eigenvalue weighted by Gasteiger charge is -2.08. The lowest BCUT2D eigenvalue weighted by molar-refractivity contribution is 0.101. The van der Waals surface area contributed by atoms with Gasteiger partial charge in [-0.2, -0.15) is 0 Å². The van der Waals surface area contributed by atoms with E-state index >= 15 is 0 Å². The van der Waals surface area contributed by atoms with Crippen molar-refractivity contribution in [2.75, 3.05) is 5.32 Å². The van der Waals surface area contributed by atoms with Crippen molar-refractivity contribution in [2.24, 2.45) is 0 Å². The number of nitrogens with one attached hydrogen (secondary N) is 1. The van der Waals surface area contributed by atoms with Crippen LogP contribution in [-0.2, 0) is 0 Å². The predicted molar refractivity (Wildman–Crippen MR) is 75.9 cm³/mol. The van der Waals surface area contributed by atoms with Crippen molar-refractivity contribution in [1.29, 1.82) is 0 Å². The van der Waals surface area contributed by atoms with Gasteiger partial charge in [-0.25, -0.2) is 9.97 Å². The molecule has 0 aliphatic rings. The highest BCUT2D eigenvalue weighted by Gasteiger charge is 2.13. The van der Waals surface area contributed by atoms with Gasteiger partial charge in [0.25, 0.3) is 5.91 Å². The van der Waals surface area contributed by atoms with E-state index in [1.165, 1.54) is 13.3 Å². The molecule has 1 heterocycles. The summed E-state index contributed by atoms with van der Waals surface area (Å²) in [4.78, 5) is 31.4. The maximum absolute atomic E-state index is 12.1. The van der Waals surface area contributed by atoms with Gasteiger partial charge in [-0.05, 0) is 45.0 Å². The van der Waals surface area contributed by atoms with Gasteiger partial charge in [0.05, 0.1) is 0 Å². The van der Waals surface area contributed by atoms with Crippen LogP contribution in [0.2, 0.25) is 0 Å². The molecule has 0 unspecified atom stereocenters. The van der Waals surface area contributed by atoms with Crippen molar-refractivity contribution >= 4 is 17.4 Å². The van der Waals surface area contributed by atoms with Crippen LogP contribution in [0.4, 0.5) is 5.69 Å². The van der Waals surface area contributed by atoms with E-state index < -0.39 is 0 Å². The molecule has 0 radical (unpaired) electrons. The minimum Gasteiger partial charge on any atom is -0.321 e. The largest absolute Gasteiger partial charge is 0.321 e. The average molecular weight is 269 g/mol. The summed E-state index contributed by atoms with van der Waals surface area (Å²) in [6, 6.07) is 6.74. The van der Waals surface area contributed by atoms with Gasteiger partial charge in [-0.15, -0.1) is 0 Å². The van der Waals surface area contributed by atoms with E-state index in [4.69, 9.17) is 0 Å². The Hall–Kier alpha value is -2.56. The highest BCUT2D eigenvalue weighted by molar-refractivity contribution is 6.04. The second-order valence-electron chi connectivity index (χ2n) is 4.52. The third kappa shape index (κ3) is 2.88. The molecule has 0 spiro atoms. The van der Waals surface area contributed by atoms with E-state index in [0.717, 1.165) is 11.3 Å². The third-order valence-electron chi connectivity index (χ3n) is 3.10. The van der Waals surface area contributed by atoms with Crippen LogP contribution in [0.5, 0.6) is 0 Å². The van der Waals surface area contributed by atoms with Crippen LogP contribution in [0.25, 0.3) is 0 Å². The molecule has 0 aliphatic heterocycles. The molecule has 0 aliphatic carbocycles. The van der Waals surface area contributed by atoms with Crippen LogP contribution >= 0.6 is 0 Å². The van der Waals surface area contributed by atoms with Crippen LogP contribution in [-0.4, -0.2) is 21.7 Å². The SMILES string of the molecule is CC(=O)c1ccc(NC(=O)c2ncnc(C)c2C)cc1. The molecule has 20 heavy (non-hydrogen) atoms. The lowest BCUT2D eigenvalue weighted by Crippen LogP contribution is -2.16. The maximum atomic E-state index is 12.1. The molecular formula is C15H15N3O2. The lowest BCUT2D eigenvalue weighted by atomic mass is 10.1. The van der Waals surface area contributed by atoms with Gasteiger partial charge in [-0.1, -0.05) is 0 Å². The minimum absolute atomic E-state index is 0.00912. The number of benzene rings is 1. The Labute approximate surface area is 117 Å². The zero-order valence-corrected chi connectivity index (χ0v) is 11.6. The van der Waals surface area contributed by atoms with Crippen LogP contribution in [0.3, 0.4) is 0 Å². The first-order valence-electron chi connectivity index (χ1n) is 6.19. The number of nitrogens with zero attached hydrogens (tertiary/aromatic N) is 2. The second-order valence-corrected chi connectivity index (χ2v) is 4.52. The molecule has 5 nitrogen and oxygen atoms in total. The van der Waals surface area contributed by atoms with Crippen molar-refractivity contribution in [3.63, 3.8) is 0 Å². The number of aryl methyl sites for hydroxylation is 1. The van der Waals surface area contributed by atoms with Gasteiger partial charge in [0.1, 0.15) is 12.0 Å². The summed E-state index contributed by atoms with van der Waals surface area (Å²) in [5.74, 6) is -0.297. The van der Waals surface area contributed by atoms with Gasteiger partial charge in [0.2, 0.25) is 0 Å². The topological polar surface area (TPSA) is 72.0 Å². The molecule has 0 fully saturated rings. The highest BCUT2D eigenvalue weighted by atomic mass is 16.2. The van der Waals surface area contributed by atoms with E-state index in [-0.39, 0.29) is 11.7 Å². The van der Waals surface area contributed by atoms with Crippen molar-refractivity contribution in [2.45, 2.75) is 20.8 Å². The number of hydrogen-bond acceptors (Lipinski definition) is 4. The number of rotatable bonds is 3. The molecule has 1 amide bonds. The molecule has 1 aromatic heterocycles. The molecule has 0 bridgehead atoms. The summed E-state index contributed by atoms with van der Waals surface area (Å²) < 4.78 is 0. The average Bonchev–Trinajstić information content (AvgIpc) is 2.42. The van der Waals surface area contributed by atoms with Gasteiger partial charge in [-0.3, -0.25) is 9.59 Å². The number of carbonyl (C=O) groups is 2. The van der Waals surface area contributed by atoms with Gasteiger partial charge < -0.3 is 5.32 Å². The third-order valence-corrected chi connectivity index (χ3v) is 3.10. The fourth-order valence-electron chi connectivity index (χ4n) is 1.75. The minimum atomic E-state index is -0.288. The first-order valence-corrected chi connectivity index (χ1v) is 6.19. The zero-order chi connectivity index (χ0) is 14.7. The van der Waals surface area contributed by atoms with Gasteiger partial charge in [0.15, 0.2) is 5.78 Å². The van der Waals surface area contributed by atoms with Crippen LogP contribution in [0, 0.1) is 13.8 Å². The number of carbonyl (C=O) groups excluding carboxylic acids is 2. The summed E-state index contributed by atoms with van der Waals surface area (Å²) in [6.07, 6.45) is 1.37. The number of ketones is 1. The van der Waals surface area contributed by atoms with Crippen LogP contribution in [0.1, 0.15) is 39.0 Å². The quantitative estimate of drug-likeness (QED) is 0.869. The number of anilines is 1. The number of Topliss-reactive ketones (excluding diaryl/α,β-unsaturated/α-hetero) is 1. The fraction of sp³-hybridized carbons (Fsp3) is 0.200. The summed E-state index contributed by atoms with van der Waals surface area (Å²) in [7, 11) is 0. The normalized spacial score (nSPS) is 10.2. The highest BCUT2D eigenvalue weighted by Crippen LogP contribution is 2.13. The molecule has 1 N–H and O–H groups in total. The summed E-state index contributed by atoms with van der Waals surface area (Å²) in [6.45, 7) is 5.14.